The van der Waals surface area contributed by atoms with E-state index in [0.29, 0.717) is 34.0 Å². The van der Waals surface area contributed by atoms with Gasteiger partial charge < -0.3 is 4.57 Å². The molecule has 5 aromatic rings. The molecule has 5 rings (SSSR count). The third-order valence-electron chi connectivity index (χ3n) is 7.25. The molecule has 0 radical (unpaired) electrons. The SMILES string of the molecule is CCOP(=O)(OCC)ON=C(CCSc1ccc(Cl)cc1)C(=O)c1ccc2c(c1)c1cc(C(=O)c3ccccc3)ccc1n2CC. The average Bonchev–Trinajstić information content (AvgIpc) is 3.39. The highest BCUT2D eigenvalue weighted by molar-refractivity contribution is 7.99. The van der Waals surface area contributed by atoms with Gasteiger partial charge >= 0.3 is 7.82 Å². The number of aryl methyl sites for hydroxylation is 1. The van der Waals surface area contributed by atoms with Gasteiger partial charge in [-0.15, -0.1) is 11.8 Å². The van der Waals surface area contributed by atoms with Crippen LogP contribution in [-0.2, 0) is 24.8 Å². The van der Waals surface area contributed by atoms with Crippen LogP contribution >= 0.6 is 31.2 Å². The van der Waals surface area contributed by atoms with Crippen molar-refractivity contribution in [3.63, 3.8) is 0 Å². The van der Waals surface area contributed by atoms with E-state index < -0.39 is 7.82 Å². The highest BCUT2D eigenvalue weighted by atomic mass is 35.5. The molecule has 0 bridgehead atoms. The molecule has 8 nitrogen and oxygen atoms in total. The summed E-state index contributed by atoms with van der Waals surface area (Å²) in [6, 6.07) is 27.7. The number of benzene rings is 4. The number of halogens is 1. The molecule has 0 aliphatic heterocycles. The molecule has 0 amide bonds. The number of nitrogens with zero attached hydrogens (tertiary/aromatic N) is 2. The Hall–Kier alpha value is -3.72. The van der Waals surface area contributed by atoms with Gasteiger partial charge in [0.15, 0.2) is 5.78 Å². The van der Waals surface area contributed by atoms with E-state index in [0.717, 1.165) is 26.7 Å². The summed E-state index contributed by atoms with van der Waals surface area (Å²) in [4.78, 5) is 28.3. The summed E-state index contributed by atoms with van der Waals surface area (Å²) < 4.78 is 30.9. The van der Waals surface area contributed by atoms with Crippen LogP contribution in [0.4, 0.5) is 0 Å². The summed E-state index contributed by atoms with van der Waals surface area (Å²) in [6.07, 6.45) is 0.217. The summed E-state index contributed by atoms with van der Waals surface area (Å²) in [5.74, 6) is 0.0304. The second kappa shape index (κ2) is 15.2. The van der Waals surface area contributed by atoms with E-state index in [2.05, 4.69) is 16.6 Å². The molecule has 0 aliphatic carbocycles. The van der Waals surface area contributed by atoms with Gasteiger partial charge in [-0.05, 0) is 81.4 Å². The van der Waals surface area contributed by atoms with E-state index >= 15 is 0 Å². The van der Waals surface area contributed by atoms with E-state index in [1.54, 1.807) is 44.2 Å². The largest absolute Gasteiger partial charge is 0.550 e. The zero-order valence-electron chi connectivity index (χ0n) is 25.8. The monoisotopic (exact) mass is 676 g/mol. The molecule has 46 heavy (non-hydrogen) atoms. The van der Waals surface area contributed by atoms with Crippen LogP contribution in [0.15, 0.2) is 101 Å². The highest BCUT2D eigenvalue weighted by Crippen LogP contribution is 2.49. The van der Waals surface area contributed by atoms with Crippen molar-refractivity contribution < 1.29 is 27.8 Å². The van der Waals surface area contributed by atoms with Crippen LogP contribution in [0.1, 0.15) is 53.5 Å². The molecule has 0 spiro atoms. The zero-order chi connectivity index (χ0) is 32.7. The van der Waals surface area contributed by atoms with Gasteiger partial charge in [-0.2, -0.15) is 0 Å². The van der Waals surface area contributed by atoms with Gasteiger partial charge in [0, 0.05) is 67.1 Å². The predicted molar refractivity (Wildman–Crippen MR) is 185 cm³/mol. The fourth-order valence-corrected chi connectivity index (χ4v) is 7.13. The van der Waals surface area contributed by atoms with E-state index in [-0.39, 0.29) is 36.9 Å². The first-order valence-corrected chi connectivity index (χ1v) is 17.8. The minimum absolute atomic E-state index is 0.0691. The first kappa shape index (κ1) is 33.6. The maximum atomic E-state index is 14.0. The van der Waals surface area contributed by atoms with E-state index in [9.17, 15) is 14.2 Å². The number of ketones is 2. The van der Waals surface area contributed by atoms with Crippen LogP contribution in [0.5, 0.6) is 0 Å². The predicted octanol–water partition coefficient (Wildman–Crippen LogP) is 9.62. The number of aromatic nitrogens is 1. The lowest BCUT2D eigenvalue weighted by atomic mass is 9.99. The van der Waals surface area contributed by atoms with Crippen molar-refractivity contribution in [1.82, 2.24) is 4.57 Å². The molecule has 4 aromatic carbocycles. The number of Topliss-reactive ketones (excluding diaryl/α,β-unsaturated/α-hetero) is 1. The van der Waals surface area contributed by atoms with Crippen molar-refractivity contribution in [1.29, 1.82) is 0 Å². The fourth-order valence-electron chi connectivity index (χ4n) is 5.15. The number of hydrogen-bond donors (Lipinski definition) is 0. The summed E-state index contributed by atoms with van der Waals surface area (Å²) in [7, 11) is -4.01. The number of oxime groups is 1. The average molecular weight is 677 g/mol. The van der Waals surface area contributed by atoms with Crippen molar-refractivity contribution in [2.75, 3.05) is 19.0 Å². The zero-order valence-corrected chi connectivity index (χ0v) is 28.2. The number of carbonyl (C=O) groups is 2. The van der Waals surface area contributed by atoms with Gasteiger partial charge in [0.1, 0.15) is 5.71 Å². The Kier molecular flexibility index (Phi) is 11.1. The molecule has 1 aromatic heterocycles. The molecule has 238 valence electrons. The molecule has 0 saturated carbocycles. The highest BCUT2D eigenvalue weighted by Gasteiger charge is 2.28. The lowest BCUT2D eigenvalue weighted by Crippen LogP contribution is -2.16. The van der Waals surface area contributed by atoms with Crippen molar-refractivity contribution in [2.24, 2.45) is 5.16 Å². The smallest absolute Gasteiger partial charge is 0.341 e. The molecule has 0 N–H and O–H groups in total. The van der Waals surface area contributed by atoms with Crippen LogP contribution in [0.3, 0.4) is 0 Å². The van der Waals surface area contributed by atoms with E-state index in [4.69, 9.17) is 25.3 Å². The first-order valence-electron chi connectivity index (χ1n) is 15.0. The second-order valence-corrected chi connectivity index (χ2v) is 13.4. The standard InChI is InChI=1S/C35H34ClN2O6PS/c1-4-38-32-18-12-25(34(39)24-10-8-7-9-11-24)22-29(32)30-23-26(13-19-33(30)38)35(40)31(37-44-45(41,42-5-2)43-6-3)20-21-46-28-16-14-27(36)15-17-28/h7-19,22-23H,4-6,20-21H2,1-3H3. The number of hydrogen-bond acceptors (Lipinski definition) is 8. The molecule has 1 heterocycles. The molecule has 11 heteroatoms. The normalized spacial score (nSPS) is 12.1. The Morgan fingerprint density at radius 3 is 2.02 bits per heavy atom. The molecule has 0 atom stereocenters. The maximum absolute atomic E-state index is 14.0. The molecule has 0 unspecified atom stereocenters. The Balaban J connectivity index is 1.51. The van der Waals surface area contributed by atoms with Crippen LogP contribution in [0.25, 0.3) is 21.8 Å². The Labute approximate surface area is 277 Å². The van der Waals surface area contributed by atoms with Gasteiger partial charge in [0.2, 0.25) is 5.78 Å². The van der Waals surface area contributed by atoms with Gasteiger partial charge in [-0.3, -0.25) is 23.3 Å². The molecular formula is C35H34ClN2O6PS. The van der Waals surface area contributed by atoms with Crippen LogP contribution in [-0.4, -0.2) is 40.8 Å². The summed E-state index contributed by atoms with van der Waals surface area (Å²) in [5, 5.41) is 6.38. The maximum Gasteiger partial charge on any atom is 0.550 e. The molecular weight excluding hydrogens is 643 g/mol. The van der Waals surface area contributed by atoms with Gasteiger partial charge in [0.05, 0.1) is 13.2 Å². The number of rotatable bonds is 15. The van der Waals surface area contributed by atoms with E-state index in [1.807, 2.05) is 60.7 Å². The number of thioether (sulfide) groups is 1. The van der Waals surface area contributed by atoms with Gasteiger partial charge in [-0.25, -0.2) is 4.57 Å². The second-order valence-electron chi connectivity index (χ2n) is 10.2. The summed E-state index contributed by atoms with van der Waals surface area (Å²) in [6.45, 7) is 6.23. The number of phosphoric ester groups is 1. The Bertz CT molecular complexity index is 1930. The van der Waals surface area contributed by atoms with Crippen molar-refractivity contribution in [3.8, 4) is 0 Å². The van der Waals surface area contributed by atoms with Crippen molar-refractivity contribution >= 4 is 70.3 Å². The lowest BCUT2D eigenvalue weighted by Gasteiger charge is -2.14. The van der Waals surface area contributed by atoms with Crippen LogP contribution in [0, 0.1) is 0 Å². The summed E-state index contributed by atoms with van der Waals surface area (Å²) in [5.41, 5.74) is 3.50. The van der Waals surface area contributed by atoms with Gasteiger partial charge in [0.25, 0.3) is 0 Å². The molecule has 0 fully saturated rings. The number of phosphoric acid groups is 1. The summed E-state index contributed by atoms with van der Waals surface area (Å²) >= 11 is 7.55. The number of carbonyl (C=O) groups excluding carboxylic acids is 2. The minimum Gasteiger partial charge on any atom is -0.341 e. The Morgan fingerprint density at radius 1 is 0.804 bits per heavy atom. The fraction of sp³-hybridized carbons (Fsp3) is 0.229. The van der Waals surface area contributed by atoms with Crippen molar-refractivity contribution in [2.45, 2.75) is 38.6 Å². The Morgan fingerprint density at radius 2 is 1.41 bits per heavy atom. The lowest BCUT2D eigenvalue weighted by molar-refractivity contribution is 0.103. The van der Waals surface area contributed by atoms with Crippen molar-refractivity contribution in [3.05, 3.63) is 113 Å². The van der Waals surface area contributed by atoms with Crippen LogP contribution < -0.4 is 0 Å². The molecule has 0 aliphatic rings. The number of fused-ring (bicyclic) bond motifs is 3. The third-order valence-corrected chi connectivity index (χ3v) is 9.95. The topological polar surface area (TPSA) is 96.2 Å². The first-order chi connectivity index (χ1) is 22.3. The van der Waals surface area contributed by atoms with Crippen LogP contribution in [0.2, 0.25) is 5.02 Å². The quantitative estimate of drug-likeness (QED) is 0.0358. The molecule has 0 saturated heterocycles. The third kappa shape index (κ3) is 7.63. The van der Waals surface area contributed by atoms with E-state index in [1.165, 1.54) is 11.8 Å². The van der Waals surface area contributed by atoms with Gasteiger partial charge in [-0.1, -0.05) is 47.1 Å². The minimum atomic E-state index is -4.01.